The van der Waals surface area contributed by atoms with E-state index in [-0.39, 0.29) is 23.7 Å². The van der Waals surface area contributed by atoms with E-state index in [2.05, 4.69) is 0 Å². The number of carbonyl (C=O) groups excluding carboxylic acids is 2. The molecule has 2 amide bonds. The molecule has 142 valence electrons. The molecule has 5 nitrogen and oxygen atoms in total. The Morgan fingerprint density at radius 2 is 1.78 bits per heavy atom. The van der Waals surface area contributed by atoms with Gasteiger partial charge >= 0.3 is 0 Å². The van der Waals surface area contributed by atoms with Gasteiger partial charge in [-0.15, -0.1) is 0 Å². The lowest BCUT2D eigenvalue weighted by Gasteiger charge is -2.41. The van der Waals surface area contributed by atoms with Crippen LogP contribution in [0.5, 0.6) is 5.75 Å². The summed E-state index contributed by atoms with van der Waals surface area (Å²) < 4.78 is 5.92. The first-order valence-corrected chi connectivity index (χ1v) is 9.36. The van der Waals surface area contributed by atoms with Crippen LogP contribution in [0, 0.1) is 5.41 Å². The number of carbonyl (C=O) groups is 2. The Hall–Kier alpha value is -2.53. The SMILES string of the molecule is NC(=O)CC1(COc2ccccc2)CCN(C(=O)c2cccc(Cl)c2)CC1. The van der Waals surface area contributed by atoms with E-state index in [0.29, 0.717) is 43.1 Å². The van der Waals surface area contributed by atoms with Crippen LogP contribution < -0.4 is 10.5 Å². The predicted molar refractivity (Wildman–Crippen MR) is 105 cm³/mol. The first kappa shape index (κ1) is 19.2. The van der Waals surface area contributed by atoms with Gasteiger partial charge in [-0.25, -0.2) is 0 Å². The first-order chi connectivity index (χ1) is 13.0. The van der Waals surface area contributed by atoms with Crippen LogP contribution in [-0.2, 0) is 4.79 Å². The van der Waals surface area contributed by atoms with Crippen LogP contribution >= 0.6 is 11.6 Å². The smallest absolute Gasteiger partial charge is 0.253 e. The molecule has 2 aromatic rings. The number of primary amides is 1. The lowest BCUT2D eigenvalue weighted by molar-refractivity contribution is -0.121. The fourth-order valence-corrected chi connectivity index (χ4v) is 3.67. The lowest BCUT2D eigenvalue weighted by atomic mass is 9.76. The van der Waals surface area contributed by atoms with Crippen LogP contribution in [0.3, 0.4) is 0 Å². The zero-order chi connectivity index (χ0) is 19.3. The molecule has 1 saturated heterocycles. The summed E-state index contributed by atoms with van der Waals surface area (Å²) in [5.41, 5.74) is 5.71. The number of halogens is 1. The van der Waals surface area contributed by atoms with E-state index in [1.165, 1.54) is 0 Å². The molecule has 0 aromatic heterocycles. The van der Waals surface area contributed by atoms with E-state index < -0.39 is 0 Å². The molecule has 0 unspecified atom stereocenters. The number of ether oxygens (including phenoxy) is 1. The van der Waals surface area contributed by atoms with Crippen molar-refractivity contribution in [2.24, 2.45) is 11.1 Å². The van der Waals surface area contributed by atoms with Crippen molar-refractivity contribution in [1.29, 1.82) is 0 Å². The molecule has 6 heteroatoms. The summed E-state index contributed by atoms with van der Waals surface area (Å²) in [5, 5.41) is 0.539. The largest absolute Gasteiger partial charge is 0.493 e. The van der Waals surface area contributed by atoms with Gasteiger partial charge in [0.15, 0.2) is 0 Å². The highest BCUT2D eigenvalue weighted by molar-refractivity contribution is 6.30. The van der Waals surface area contributed by atoms with E-state index in [1.54, 1.807) is 29.2 Å². The van der Waals surface area contributed by atoms with Gasteiger partial charge in [-0.3, -0.25) is 9.59 Å². The van der Waals surface area contributed by atoms with Crippen molar-refractivity contribution in [2.45, 2.75) is 19.3 Å². The number of amides is 2. The molecule has 3 rings (SSSR count). The van der Waals surface area contributed by atoms with E-state index >= 15 is 0 Å². The van der Waals surface area contributed by atoms with E-state index in [9.17, 15) is 9.59 Å². The van der Waals surface area contributed by atoms with Crippen molar-refractivity contribution in [1.82, 2.24) is 4.90 Å². The summed E-state index contributed by atoms with van der Waals surface area (Å²) in [6.07, 6.45) is 1.57. The van der Waals surface area contributed by atoms with Crippen LogP contribution in [0.2, 0.25) is 5.02 Å². The molecule has 0 bridgehead atoms. The molecular formula is C21H23ClN2O3. The number of likely N-dealkylation sites (tertiary alicyclic amines) is 1. The Bertz CT molecular complexity index is 802. The second kappa shape index (κ2) is 8.44. The van der Waals surface area contributed by atoms with Gasteiger partial charge in [0.25, 0.3) is 5.91 Å². The minimum atomic E-state index is -0.354. The first-order valence-electron chi connectivity index (χ1n) is 8.98. The standard InChI is InChI=1S/C21H23ClN2O3/c22-17-6-4-5-16(13-17)20(26)24-11-9-21(10-12-24,14-19(23)25)15-27-18-7-2-1-3-8-18/h1-8,13H,9-12,14-15H2,(H2,23,25). The number of hydrogen-bond acceptors (Lipinski definition) is 3. The molecule has 0 radical (unpaired) electrons. The zero-order valence-corrected chi connectivity index (χ0v) is 15.8. The molecule has 0 aliphatic carbocycles. The summed E-state index contributed by atoms with van der Waals surface area (Å²) in [6.45, 7) is 1.51. The Morgan fingerprint density at radius 3 is 2.41 bits per heavy atom. The van der Waals surface area contributed by atoms with Crippen molar-refractivity contribution in [3.63, 3.8) is 0 Å². The van der Waals surface area contributed by atoms with Crippen molar-refractivity contribution < 1.29 is 14.3 Å². The molecule has 0 atom stereocenters. The Morgan fingerprint density at radius 1 is 1.07 bits per heavy atom. The van der Waals surface area contributed by atoms with Gasteiger partial charge in [0.05, 0.1) is 6.61 Å². The third-order valence-electron chi connectivity index (χ3n) is 5.02. The minimum absolute atomic E-state index is 0.0471. The second-order valence-electron chi connectivity index (χ2n) is 7.05. The number of nitrogens with two attached hydrogens (primary N) is 1. The molecule has 1 heterocycles. The van der Waals surface area contributed by atoms with Crippen LogP contribution in [-0.4, -0.2) is 36.4 Å². The Balaban J connectivity index is 1.66. The number of nitrogens with zero attached hydrogens (tertiary/aromatic N) is 1. The van der Waals surface area contributed by atoms with Crippen LogP contribution in [0.25, 0.3) is 0 Å². The number of para-hydroxylation sites is 1. The summed E-state index contributed by atoms with van der Waals surface area (Å²) >= 11 is 5.99. The van der Waals surface area contributed by atoms with Crippen molar-refractivity contribution in [2.75, 3.05) is 19.7 Å². The number of hydrogen-bond donors (Lipinski definition) is 1. The fourth-order valence-electron chi connectivity index (χ4n) is 3.48. The van der Waals surface area contributed by atoms with Crippen LogP contribution in [0.15, 0.2) is 54.6 Å². The minimum Gasteiger partial charge on any atom is -0.493 e. The summed E-state index contributed by atoms with van der Waals surface area (Å²) in [5.74, 6) is 0.370. The van der Waals surface area contributed by atoms with Gasteiger partial charge in [0, 0.05) is 35.5 Å². The molecule has 1 aliphatic rings. The maximum Gasteiger partial charge on any atom is 0.253 e. The molecular weight excluding hydrogens is 364 g/mol. The highest BCUT2D eigenvalue weighted by Gasteiger charge is 2.38. The normalized spacial score (nSPS) is 16.0. The van der Waals surface area contributed by atoms with Crippen LogP contribution in [0.4, 0.5) is 0 Å². The topological polar surface area (TPSA) is 72.6 Å². The maximum absolute atomic E-state index is 12.7. The molecule has 2 aromatic carbocycles. The van der Waals surface area contributed by atoms with Crippen molar-refractivity contribution >= 4 is 23.4 Å². The summed E-state index contributed by atoms with van der Waals surface area (Å²) in [4.78, 5) is 26.1. The molecule has 0 spiro atoms. The summed E-state index contributed by atoms with van der Waals surface area (Å²) in [6, 6.07) is 16.5. The average molecular weight is 387 g/mol. The average Bonchev–Trinajstić information content (AvgIpc) is 2.67. The quantitative estimate of drug-likeness (QED) is 0.825. The predicted octanol–water partition coefficient (Wildman–Crippen LogP) is 3.52. The fraction of sp³-hybridized carbons (Fsp3) is 0.333. The number of rotatable bonds is 6. The maximum atomic E-state index is 12.7. The van der Waals surface area contributed by atoms with Gasteiger partial charge in [0.2, 0.25) is 5.91 Å². The Labute approximate surface area is 164 Å². The van der Waals surface area contributed by atoms with E-state index in [1.807, 2.05) is 30.3 Å². The second-order valence-corrected chi connectivity index (χ2v) is 7.48. The summed E-state index contributed by atoms with van der Waals surface area (Å²) in [7, 11) is 0. The van der Waals surface area contributed by atoms with Gasteiger partial charge in [-0.1, -0.05) is 35.9 Å². The molecule has 1 aliphatic heterocycles. The molecule has 1 fully saturated rings. The highest BCUT2D eigenvalue weighted by Crippen LogP contribution is 2.36. The van der Waals surface area contributed by atoms with E-state index in [4.69, 9.17) is 22.1 Å². The van der Waals surface area contributed by atoms with Gasteiger partial charge < -0.3 is 15.4 Å². The molecule has 2 N–H and O–H groups in total. The number of benzene rings is 2. The third kappa shape index (κ3) is 5.01. The van der Waals surface area contributed by atoms with Crippen molar-refractivity contribution in [3.05, 3.63) is 65.2 Å². The van der Waals surface area contributed by atoms with Crippen molar-refractivity contribution in [3.8, 4) is 5.75 Å². The third-order valence-corrected chi connectivity index (χ3v) is 5.26. The Kier molecular flexibility index (Phi) is 6.01. The van der Waals surface area contributed by atoms with Crippen LogP contribution in [0.1, 0.15) is 29.6 Å². The van der Waals surface area contributed by atoms with Gasteiger partial charge in [-0.2, -0.15) is 0 Å². The number of piperidine rings is 1. The van der Waals surface area contributed by atoms with E-state index in [0.717, 1.165) is 5.75 Å². The lowest BCUT2D eigenvalue weighted by Crippen LogP contribution is -2.47. The highest BCUT2D eigenvalue weighted by atomic mass is 35.5. The molecule has 27 heavy (non-hydrogen) atoms. The zero-order valence-electron chi connectivity index (χ0n) is 15.1. The molecule has 0 saturated carbocycles. The monoisotopic (exact) mass is 386 g/mol. The van der Waals surface area contributed by atoms with Gasteiger partial charge in [-0.05, 0) is 43.2 Å². The van der Waals surface area contributed by atoms with Gasteiger partial charge in [0.1, 0.15) is 5.75 Å².